The van der Waals surface area contributed by atoms with Crippen molar-refractivity contribution < 1.29 is 18.0 Å². The second-order valence-electron chi connectivity index (χ2n) is 10.6. The number of amides is 2. The van der Waals surface area contributed by atoms with Crippen LogP contribution in [0.3, 0.4) is 0 Å². The summed E-state index contributed by atoms with van der Waals surface area (Å²) >= 11 is 18.6. The van der Waals surface area contributed by atoms with E-state index in [4.69, 9.17) is 34.8 Å². The minimum Gasteiger partial charge on any atom is -0.354 e. The average molecular weight is 653 g/mol. The Morgan fingerprint density at radius 3 is 2.10 bits per heavy atom. The standard InChI is InChI=1S/C31H36Cl3N3O4S/c1-6-29(31(39)35-17-20(2)3)36(18-23-8-9-25(33)16-28(23)34)30(38)19-37(26-12-7-21(4)22(5)15-26)42(40,41)27-13-10-24(32)11-14-27/h7-16,20,29H,6,17-19H2,1-5H3,(H,35,39). The molecule has 0 aliphatic heterocycles. The van der Waals surface area contributed by atoms with Crippen LogP contribution in [-0.2, 0) is 26.2 Å². The highest BCUT2D eigenvalue weighted by molar-refractivity contribution is 7.92. The van der Waals surface area contributed by atoms with Gasteiger partial charge >= 0.3 is 0 Å². The molecule has 0 heterocycles. The predicted octanol–water partition coefficient (Wildman–Crippen LogP) is 7.04. The third-order valence-corrected chi connectivity index (χ3v) is 9.51. The highest BCUT2D eigenvalue weighted by Gasteiger charge is 2.34. The SMILES string of the molecule is CCC(C(=O)NCC(C)C)N(Cc1ccc(Cl)cc1Cl)C(=O)CN(c1ccc(C)c(C)c1)S(=O)(=O)c1ccc(Cl)cc1. The van der Waals surface area contributed by atoms with Crippen molar-refractivity contribution in [3.05, 3.63) is 92.4 Å². The van der Waals surface area contributed by atoms with Crippen molar-refractivity contribution in [2.24, 2.45) is 5.92 Å². The van der Waals surface area contributed by atoms with Crippen molar-refractivity contribution in [3.63, 3.8) is 0 Å². The number of aryl methyl sites for hydroxylation is 2. The molecule has 1 N–H and O–H groups in total. The number of carbonyl (C=O) groups excluding carboxylic acids is 2. The molecule has 11 heteroatoms. The van der Waals surface area contributed by atoms with Gasteiger partial charge in [0, 0.05) is 28.2 Å². The molecule has 226 valence electrons. The van der Waals surface area contributed by atoms with Crippen LogP contribution in [-0.4, -0.2) is 44.3 Å². The summed E-state index contributed by atoms with van der Waals surface area (Å²) in [4.78, 5) is 28.9. The van der Waals surface area contributed by atoms with Gasteiger partial charge in [-0.25, -0.2) is 8.42 Å². The van der Waals surface area contributed by atoms with Crippen molar-refractivity contribution in [1.29, 1.82) is 0 Å². The molecule has 0 aliphatic rings. The molecule has 7 nitrogen and oxygen atoms in total. The monoisotopic (exact) mass is 651 g/mol. The minimum absolute atomic E-state index is 0.0214. The van der Waals surface area contributed by atoms with Crippen LogP contribution < -0.4 is 9.62 Å². The normalized spacial score (nSPS) is 12.2. The third kappa shape index (κ3) is 8.40. The second kappa shape index (κ2) is 14.6. The van der Waals surface area contributed by atoms with E-state index in [0.717, 1.165) is 15.4 Å². The second-order valence-corrected chi connectivity index (χ2v) is 13.7. The van der Waals surface area contributed by atoms with Gasteiger partial charge in [-0.1, -0.05) is 67.7 Å². The fourth-order valence-corrected chi connectivity index (χ4v) is 6.32. The van der Waals surface area contributed by atoms with E-state index in [0.29, 0.717) is 39.3 Å². The number of carbonyl (C=O) groups is 2. The summed E-state index contributed by atoms with van der Waals surface area (Å²) in [5, 5.41) is 4.05. The molecule has 0 radical (unpaired) electrons. The third-order valence-electron chi connectivity index (χ3n) is 6.89. The Bertz CT molecular complexity index is 1530. The van der Waals surface area contributed by atoms with E-state index in [-0.39, 0.29) is 23.3 Å². The highest BCUT2D eigenvalue weighted by Crippen LogP contribution is 2.28. The smallest absolute Gasteiger partial charge is 0.264 e. The van der Waals surface area contributed by atoms with Crippen LogP contribution in [0.25, 0.3) is 0 Å². The summed E-state index contributed by atoms with van der Waals surface area (Å²) in [5.74, 6) is -0.697. The Kier molecular flexibility index (Phi) is 11.7. The van der Waals surface area contributed by atoms with Crippen LogP contribution in [0.5, 0.6) is 0 Å². The maximum Gasteiger partial charge on any atom is 0.264 e. The Hall–Kier alpha value is -2.78. The Labute approximate surface area is 263 Å². The number of benzene rings is 3. The molecule has 0 saturated carbocycles. The molecule has 2 amide bonds. The summed E-state index contributed by atoms with van der Waals surface area (Å²) < 4.78 is 29.1. The largest absolute Gasteiger partial charge is 0.354 e. The van der Waals surface area contributed by atoms with Crippen LogP contribution in [0.4, 0.5) is 5.69 Å². The van der Waals surface area contributed by atoms with Crippen LogP contribution in [0.15, 0.2) is 65.6 Å². The van der Waals surface area contributed by atoms with Crippen LogP contribution in [0, 0.1) is 19.8 Å². The predicted molar refractivity (Wildman–Crippen MR) is 171 cm³/mol. The maximum absolute atomic E-state index is 14.2. The lowest BCUT2D eigenvalue weighted by atomic mass is 10.1. The lowest BCUT2D eigenvalue weighted by Gasteiger charge is -2.33. The van der Waals surface area contributed by atoms with E-state index in [1.54, 1.807) is 43.3 Å². The number of sulfonamides is 1. The van der Waals surface area contributed by atoms with E-state index in [2.05, 4.69) is 5.32 Å². The molecule has 0 bridgehead atoms. The lowest BCUT2D eigenvalue weighted by Crippen LogP contribution is -2.52. The van der Waals surface area contributed by atoms with Gasteiger partial charge in [-0.15, -0.1) is 0 Å². The zero-order chi connectivity index (χ0) is 31.2. The fourth-order valence-electron chi connectivity index (χ4n) is 4.32. The molecule has 0 saturated heterocycles. The van der Waals surface area contributed by atoms with E-state index < -0.39 is 28.5 Å². The topological polar surface area (TPSA) is 86.8 Å². The molecule has 3 rings (SSSR count). The quantitative estimate of drug-likeness (QED) is 0.227. The Morgan fingerprint density at radius 2 is 1.52 bits per heavy atom. The van der Waals surface area contributed by atoms with Gasteiger partial charge in [-0.05, 0) is 91.4 Å². The molecule has 1 unspecified atom stereocenters. The first kappa shape index (κ1) is 33.7. The van der Waals surface area contributed by atoms with Gasteiger partial charge in [0.15, 0.2) is 0 Å². The average Bonchev–Trinajstić information content (AvgIpc) is 2.93. The molecule has 0 spiro atoms. The molecule has 42 heavy (non-hydrogen) atoms. The van der Waals surface area contributed by atoms with E-state index in [1.807, 2.05) is 27.7 Å². The number of hydrogen-bond acceptors (Lipinski definition) is 4. The van der Waals surface area contributed by atoms with Gasteiger partial charge in [0.25, 0.3) is 10.0 Å². The minimum atomic E-state index is -4.21. The van der Waals surface area contributed by atoms with Gasteiger partial charge in [-0.3, -0.25) is 13.9 Å². The maximum atomic E-state index is 14.2. The van der Waals surface area contributed by atoms with Crippen molar-refractivity contribution in [2.45, 2.75) is 58.5 Å². The van der Waals surface area contributed by atoms with Gasteiger partial charge in [0.2, 0.25) is 11.8 Å². The van der Waals surface area contributed by atoms with E-state index in [1.165, 1.54) is 29.2 Å². The highest BCUT2D eigenvalue weighted by atomic mass is 35.5. The Morgan fingerprint density at radius 1 is 0.881 bits per heavy atom. The number of hydrogen-bond donors (Lipinski definition) is 1. The molecule has 0 aliphatic carbocycles. The summed E-state index contributed by atoms with van der Waals surface area (Å²) in [6.45, 7) is 9.39. The molecule has 3 aromatic rings. The first-order valence-electron chi connectivity index (χ1n) is 13.6. The molecular weight excluding hydrogens is 617 g/mol. The first-order chi connectivity index (χ1) is 19.7. The number of anilines is 1. The zero-order valence-electron chi connectivity index (χ0n) is 24.3. The van der Waals surface area contributed by atoms with Crippen molar-refractivity contribution in [2.75, 3.05) is 17.4 Å². The van der Waals surface area contributed by atoms with Gasteiger partial charge in [0.1, 0.15) is 12.6 Å². The van der Waals surface area contributed by atoms with Crippen molar-refractivity contribution >= 4 is 62.3 Å². The molecule has 0 aromatic heterocycles. The van der Waals surface area contributed by atoms with Gasteiger partial charge < -0.3 is 10.2 Å². The number of nitrogens with one attached hydrogen (secondary N) is 1. The van der Waals surface area contributed by atoms with E-state index >= 15 is 0 Å². The lowest BCUT2D eigenvalue weighted by molar-refractivity contribution is -0.140. The van der Waals surface area contributed by atoms with Crippen LogP contribution in [0.2, 0.25) is 15.1 Å². The van der Waals surface area contributed by atoms with Crippen LogP contribution in [0.1, 0.15) is 43.9 Å². The number of rotatable bonds is 12. The van der Waals surface area contributed by atoms with Crippen LogP contribution >= 0.6 is 34.8 Å². The summed E-state index contributed by atoms with van der Waals surface area (Å²) in [5.41, 5.74) is 2.73. The van der Waals surface area contributed by atoms with Gasteiger partial charge in [0.05, 0.1) is 10.6 Å². The summed E-state index contributed by atoms with van der Waals surface area (Å²) in [7, 11) is -4.21. The fraction of sp³-hybridized carbons (Fsp3) is 0.355. The molecule has 1 atom stereocenters. The number of halogens is 3. The molecule has 3 aromatic carbocycles. The summed E-state index contributed by atoms with van der Waals surface area (Å²) in [6.07, 6.45) is 0.300. The summed E-state index contributed by atoms with van der Waals surface area (Å²) in [6, 6.07) is 15.0. The van der Waals surface area contributed by atoms with Gasteiger partial charge in [-0.2, -0.15) is 0 Å². The van der Waals surface area contributed by atoms with E-state index in [9.17, 15) is 18.0 Å². The van der Waals surface area contributed by atoms with Crippen molar-refractivity contribution in [3.8, 4) is 0 Å². The Balaban J connectivity index is 2.09. The zero-order valence-corrected chi connectivity index (χ0v) is 27.4. The first-order valence-corrected chi connectivity index (χ1v) is 16.2. The molecular formula is C31H36Cl3N3O4S. The number of nitrogens with zero attached hydrogens (tertiary/aromatic N) is 2. The van der Waals surface area contributed by atoms with Crippen molar-refractivity contribution in [1.82, 2.24) is 10.2 Å². The molecule has 0 fully saturated rings.